The first kappa shape index (κ1) is 14.6. The van der Waals surface area contributed by atoms with Crippen molar-refractivity contribution in [3.63, 3.8) is 0 Å². The minimum atomic E-state index is -0.113. The number of hydrogen-bond donors (Lipinski definition) is 1. The molecule has 0 bridgehead atoms. The molecular weight excluding hydrogens is 300 g/mol. The summed E-state index contributed by atoms with van der Waals surface area (Å²) in [6.07, 6.45) is 0. The highest BCUT2D eigenvalue weighted by molar-refractivity contribution is 7.13. The third-order valence-electron chi connectivity index (χ3n) is 3.31. The van der Waals surface area contributed by atoms with Gasteiger partial charge in [-0.2, -0.15) is 0 Å². The van der Waals surface area contributed by atoms with Crippen LogP contribution in [0.1, 0.15) is 5.82 Å². The van der Waals surface area contributed by atoms with Gasteiger partial charge in [0.2, 0.25) is 11.0 Å². The van der Waals surface area contributed by atoms with Gasteiger partial charge in [0.05, 0.1) is 24.1 Å². The second kappa shape index (κ2) is 6.20. The molecule has 2 aromatic heterocycles. The number of hydrogen-bond acceptors (Lipinski definition) is 6. The first-order valence-electron chi connectivity index (χ1n) is 6.78. The lowest BCUT2D eigenvalue weighted by atomic mass is 10.3. The van der Waals surface area contributed by atoms with Gasteiger partial charge in [0.25, 0.3) is 0 Å². The van der Waals surface area contributed by atoms with Crippen LogP contribution in [-0.2, 0) is 18.4 Å². The van der Waals surface area contributed by atoms with Crippen LogP contribution in [-0.4, -0.2) is 44.1 Å². The van der Waals surface area contributed by atoms with Gasteiger partial charge in [-0.05, 0) is 19.2 Å². The summed E-state index contributed by atoms with van der Waals surface area (Å²) < 4.78 is 2.05. The Morgan fingerprint density at radius 3 is 2.95 bits per heavy atom. The molecule has 0 aliphatic carbocycles. The van der Waals surface area contributed by atoms with E-state index in [4.69, 9.17) is 0 Å². The third kappa shape index (κ3) is 3.12. The monoisotopic (exact) mass is 316 g/mol. The molecule has 0 spiro atoms. The van der Waals surface area contributed by atoms with Crippen LogP contribution in [0.3, 0.4) is 0 Å². The quantitative estimate of drug-likeness (QED) is 0.772. The summed E-state index contributed by atoms with van der Waals surface area (Å²) in [7, 11) is 3.87. The van der Waals surface area contributed by atoms with Gasteiger partial charge in [0, 0.05) is 7.05 Å². The van der Waals surface area contributed by atoms with E-state index in [-0.39, 0.29) is 12.5 Å². The van der Waals surface area contributed by atoms with Crippen molar-refractivity contribution in [3.8, 4) is 0 Å². The number of aryl methyl sites for hydroxylation is 1. The molecule has 8 heteroatoms. The minimum Gasteiger partial charge on any atom is -0.330 e. The number of rotatable bonds is 5. The maximum absolute atomic E-state index is 11.9. The second-order valence-electron chi connectivity index (χ2n) is 5.04. The molecule has 0 radical (unpaired) electrons. The second-order valence-corrected chi connectivity index (χ2v) is 5.87. The molecule has 0 fully saturated rings. The molecule has 0 saturated heterocycles. The number of likely N-dealkylation sites (N-methyl/N-ethyl adjacent to an activating group) is 1. The van der Waals surface area contributed by atoms with E-state index in [2.05, 4.69) is 25.1 Å². The first-order chi connectivity index (χ1) is 10.6. The van der Waals surface area contributed by atoms with Gasteiger partial charge in [-0.15, -0.1) is 10.2 Å². The van der Waals surface area contributed by atoms with E-state index in [1.54, 1.807) is 5.51 Å². The van der Waals surface area contributed by atoms with Gasteiger partial charge in [-0.25, -0.2) is 4.98 Å². The number of carbonyl (C=O) groups excluding carboxylic acids is 1. The SMILES string of the molecule is CN(CC(=O)Nc1nncs1)Cc1nc2ccccc2n1C. The zero-order chi connectivity index (χ0) is 15.5. The molecule has 0 unspecified atom stereocenters. The Bertz CT molecular complexity index is 782. The van der Waals surface area contributed by atoms with E-state index in [1.165, 1.54) is 11.3 Å². The number of imidazole rings is 1. The highest BCUT2D eigenvalue weighted by Crippen LogP contribution is 2.15. The van der Waals surface area contributed by atoms with Crippen molar-refractivity contribution in [1.82, 2.24) is 24.6 Å². The van der Waals surface area contributed by atoms with Crippen molar-refractivity contribution >= 4 is 33.4 Å². The van der Waals surface area contributed by atoms with Crippen LogP contribution in [0.15, 0.2) is 29.8 Å². The Morgan fingerprint density at radius 2 is 2.23 bits per heavy atom. The van der Waals surface area contributed by atoms with Crippen molar-refractivity contribution in [1.29, 1.82) is 0 Å². The van der Waals surface area contributed by atoms with E-state index < -0.39 is 0 Å². The van der Waals surface area contributed by atoms with Crippen LogP contribution in [0.2, 0.25) is 0 Å². The van der Waals surface area contributed by atoms with Crippen molar-refractivity contribution < 1.29 is 4.79 Å². The number of nitrogens with one attached hydrogen (secondary N) is 1. The molecule has 0 aliphatic rings. The lowest BCUT2D eigenvalue weighted by molar-refractivity contribution is -0.117. The molecule has 0 saturated carbocycles. The Hall–Kier alpha value is -2.32. The average Bonchev–Trinajstić information content (AvgIpc) is 3.08. The van der Waals surface area contributed by atoms with Crippen LogP contribution in [0, 0.1) is 0 Å². The molecule has 1 N–H and O–H groups in total. The van der Waals surface area contributed by atoms with E-state index in [1.807, 2.05) is 43.3 Å². The minimum absolute atomic E-state index is 0.113. The number of aromatic nitrogens is 4. The largest absolute Gasteiger partial charge is 0.330 e. The summed E-state index contributed by atoms with van der Waals surface area (Å²) in [6, 6.07) is 7.99. The van der Waals surface area contributed by atoms with Crippen LogP contribution in [0.25, 0.3) is 11.0 Å². The zero-order valence-electron chi connectivity index (χ0n) is 12.4. The Balaban J connectivity index is 1.64. The smallest absolute Gasteiger partial charge is 0.240 e. The van der Waals surface area contributed by atoms with Crippen LogP contribution in [0.4, 0.5) is 5.13 Å². The van der Waals surface area contributed by atoms with Crippen molar-refractivity contribution in [2.45, 2.75) is 6.54 Å². The number of amides is 1. The molecule has 0 aliphatic heterocycles. The fraction of sp³-hybridized carbons (Fsp3) is 0.286. The number of anilines is 1. The standard InChI is InChI=1S/C14H16N6OS/c1-19(8-13(21)17-14-18-15-9-22-14)7-12-16-10-5-3-4-6-11(10)20(12)2/h3-6,9H,7-8H2,1-2H3,(H,17,18,21). The topological polar surface area (TPSA) is 75.9 Å². The number of para-hydroxylation sites is 2. The van der Waals surface area contributed by atoms with Crippen LogP contribution < -0.4 is 5.32 Å². The van der Waals surface area contributed by atoms with E-state index >= 15 is 0 Å². The normalized spacial score (nSPS) is 11.2. The van der Waals surface area contributed by atoms with Gasteiger partial charge < -0.3 is 4.57 Å². The van der Waals surface area contributed by atoms with Gasteiger partial charge in [-0.1, -0.05) is 23.5 Å². The molecule has 2 heterocycles. The highest BCUT2D eigenvalue weighted by atomic mass is 32.1. The Morgan fingerprint density at radius 1 is 1.41 bits per heavy atom. The molecule has 1 amide bonds. The molecule has 114 valence electrons. The lowest BCUT2D eigenvalue weighted by Crippen LogP contribution is -2.30. The van der Waals surface area contributed by atoms with Gasteiger partial charge >= 0.3 is 0 Å². The number of carbonyl (C=O) groups is 1. The molecule has 7 nitrogen and oxygen atoms in total. The lowest BCUT2D eigenvalue weighted by Gasteiger charge is -2.15. The van der Waals surface area contributed by atoms with Gasteiger partial charge in [0.15, 0.2) is 0 Å². The summed E-state index contributed by atoms with van der Waals surface area (Å²) in [5.74, 6) is 0.811. The predicted octanol–water partition coefficient (Wildman–Crippen LogP) is 1.50. The van der Waals surface area contributed by atoms with Crippen molar-refractivity contribution in [2.75, 3.05) is 18.9 Å². The maximum atomic E-state index is 11.9. The number of fused-ring (bicyclic) bond motifs is 1. The maximum Gasteiger partial charge on any atom is 0.240 e. The summed E-state index contributed by atoms with van der Waals surface area (Å²) >= 11 is 1.30. The van der Waals surface area contributed by atoms with E-state index in [9.17, 15) is 4.79 Å². The zero-order valence-corrected chi connectivity index (χ0v) is 13.2. The van der Waals surface area contributed by atoms with Crippen molar-refractivity contribution in [2.24, 2.45) is 7.05 Å². The summed E-state index contributed by atoms with van der Waals surface area (Å²) in [5, 5.41) is 10.7. The molecule has 0 atom stereocenters. The Kier molecular flexibility index (Phi) is 4.12. The average molecular weight is 316 g/mol. The molecule has 1 aromatic carbocycles. The summed E-state index contributed by atoms with van der Waals surface area (Å²) in [5.41, 5.74) is 3.63. The van der Waals surface area contributed by atoms with Crippen LogP contribution >= 0.6 is 11.3 Å². The highest BCUT2D eigenvalue weighted by Gasteiger charge is 2.13. The molecule has 3 aromatic rings. The first-order valence-corrected chi connectivity index (χ1v) is 7.66. The molecule has 3 rings (SSSR count). The number of nitrogens with zero attached hydrogens (tertiary/aromatic N) is 5. The fourth-order valence-electron chi connectivity index (χ4n) is 2.27. The van der Waals surface area contributed by atoms with Gasteiger partial charge in [-0.3, -0.25) is 15.0 Å². The summed E-state index contributed by atoms with van der Waals surface area (Å²) in [4.78, 5) is 18.4. The van der Waals surface area contributed by atoms with E-state index in [0.29, 0.717) is 11.7 Å². The molecular formula is C14H16N6OS. The fourth-order valence-corrected chi connectivity index (χ4v) is 2.73. The van der Waals surface area contributed by atoms with E-state index in [0.717, 1.165) is 16.9 Å². The predicted molar refractivity (Wildman–Crippen MR) is 85.6 cm³/mol. The van der Waals surface area contributed by atoms with Crippen molar-refractivity contribution in [3.05, 3.63) is 35.6 Å². The number of benzene rings is 1. The molecule has 22 heavy (non-hydrogen) atoms. The van der Waals surface area contributed by atoms with Crippen LogP contribution in [0.5, 0.6) is 0 Å². The third-order valence-corrected chi connectivity index (χ3v) is 3.92. The van der Waals surface area contributed by atoms with Gasteiger partial charge in [0.1, 0.15) is 11.3 Å². The summed E-state index contributed by atoms with van der Waals surface area (Å²) in [6.45, 7) is 0.859. The Labute approximate surface area is 131 Å².